The smallest absolute Gasteiger partial charge is 0.251 e. The molecule has 2 aromatic carbocycles. The van der Waals surface area contributed by atoms with E-state index in [0.29, 0.717) is 11.4 Å². The Morgan fingerprint density at radius 3 is 2.45 bits per heavy atom. The van der Waals surface area contributed by atoms with Crippen LogP contribution in [0, 0.1) is 0 Å². The lowest BCUT2D eigenvalue weighted by molar-refractivity contribution is -0.647. The second-order valence-corrected chi connectivity index (χ2v) is 7.04. The van der Waals surface area contributed by atoms with E-state index < -0.39 is 11.9 Å². The molecule has 0 radical (unpaired) electrons. The lowest BCUT2D eigenvalue weighted by Crippen LogP contribution is -2.43. The van der Waals surface area contributed by atoms with Crippen molar-refractivity contribution in [3.8, 4) is 0 Å². The van der Waals surface area contributed by atoms with Gasteiger partial charge in [0, 0.05) is 24.2 Å². The van der Waals surface area contributed by atoms with Crippen LogP contribution >= 0.6 is 0 Å². The van der Waals surface area contributed by atoms with Crippen LogP contribution in [0.3, 0.4) is 0 Å². The molecular weight excluding hydrogens is 364 g/mol. The standard InChI is InChI=1S/C23H24N4O2/c1-27-20-5-3-2-4-18(20)16(9-6-15-7-10-17(24)11-8-15)14-21(27)23(29)19(25)12-13-22(26)28/h2-11,14,19,24H,12-13,25H2,1H3,(H2,26,28)/p+1/t19-/m0/s1. The number of amides is 1. The van der Waals surface area contributed by atoms with Crippen LogP contribution < -0.4 is 21.8 Å². The molecule has 6 nitrogen and oxygen atoms in total. The number of aromatic nitrogens is 1. The Hall–Kier alpha value is -3.51. The van der Waals surface area contributed by atoms with Crippen molar-refractivity contribution in [1.29, 1.82) is 0 Å². The van der Waals surface area contributed by atoms with E-state index in [0.717, 1.165) is 22.0 Å². The number of hydrogen-bond acceptors (Lipinski definition) is 4. The summed E-state index contributed by atoms with van der Waals surface area (Å²) in [7, 11) is 1.84. The van der Waals surface area contributed by atoms with Crippen molar-refractivity contribution in [2.24, 2.45) is 18.5 Å². The van der Waals surface area contributed by atoms with Crippen molar-refractivity contribution in [3.63, 3.8) is 0 Å². The van der Waals surface area contributed by atoms with Crippen molar-refractivity contribution >= 4 is 40.4 Å². The molecule has 1 amide bonds. The summed E-state index contributed by atoms with van der Waals surface area (Å²) in [6, 6.07) is 16.5. The number of anilines is 1. The van der Waals surface area contributed by atoms with Crippen LogP contribution in [0.4, 0.5) is 5.69 Å². The van der Waals surface area contributed by atoms with Gasteiger partial charge < -0.3 is 17.2 Å². The van der Waals surface area contributed by atoms with Crippen LogP contribution in [-0.2, 0) is 11.8 Å². The molecule has 1 aromatic heterocycles. The van der Waals surface area contributed by atoms with Gasteiger partial charge in [0.1, 0.15) is 7.05 Å². The Kier molecular flexibility index (Phi) is 6.04. The molecule has 0 saturated carbocycles. The minimum atomic E-state index is -0.788. The molecule has 6 N–H and O–H groups in total. The Bertz CT molecular complexity index is 1090. The van der Waals surface area contributed by atoms with E-state index in [1.54, 1.807) is 0 Å². The second-order valence-electron chi connectivity index (χ2n) is 7.04. The zero-order chi connectivity index (χ0) is 21.0. The van der Waals surface area contributed by atoms with Gasteiger partial charge in [-0.1, -0.05) is 36.4 Å². The molecule has 1 atom stereocenters. The van der Waals surface area contributed by atoms with E-state index in [2.05, 4.69) is 0 Å². The summed E-state index contributed by atoms with van der Waals surface area (Å²) in [5.74, 6) is -0.690. The number of nitrogens with zero attached hydrogens (tertiary/aromatic N) is 1. The number of para-hydroxylation sites is 1. The monoisotopic (exact) mass is 389 g/mol. The predicted molar refractivity (Wildman–Crippen MR) is 116 cm³/mol. The van der Waals surface area contributed by atoms with E-state index in [1.807, 2.05) is 78.4 Å². The van der Waals surface area contributed by atoms with Gasteiger partial charge in [-0.2, -0.15) is 4.57 Å². The molecule has 0 bridgehead atoms. The Labute approximate surface area is 169 Å². The van der Waals surface area contributed by atoms with E-state index in [1.165, 1.54) is 0 Å². The van der Waals surface area contributed by atoms with Crippen LogP contribution in [0.25, 0.3) is 23.1 Å². The first-order valence-electron chi connectivity index (χ1n) is 9.40. The zero-order valence-corrected chi connectivity index (χ0v) is 16.3. The number of nitrogens with two attached hydrogens (primary N) is 3. The molecule has 148 valence electrons. The highest BCUT2D eigenvalue weighted by molar-refractivity contribution is 6.00. The average molecular weight is 389 g/mol. The van der Waals surface area contributed by atoms with Gasteiger partial charge in [0.15, 0.2) is 0 Å². The van der Waals surface area contributed by atoms with E-state index in [-0.39, 0.29) is 18.6 Å². The van der Waals surface area contributed by atoms with Crippen LogP contribution in [-0.4, -0.2) is 17.7 Å². The highest BCUT2D eigenvalue weighted by Crippen LogP contribution is 2.21. The van der Waals surface area contributed by atoms with Crippen LogP contribution in [0.15, 0.2) is 54.6 Å². The molecule has 0 aliphatic rings. The third-order valence-corrected chi connectivity index (χ3v) is 4.91. The first kappa shape index (κ1) is 20.2. The van der Waals surface area contributed by atoms with Gasteiger partial charge >= 0.3 is 0 Å². The molecule has 3 aromatic rings. The Balaban J connectivity index is 2.03. The van der Waals surface area contributed by atoms with Gasteiger partial charge in [-0.05, 0) is 35.7 Å². The molecule has 1 heterocycles. The highest BCUT2D eigenvalue weighted by Gasteiger charge is 2.26. The fraction of sp³-hybridized carbons (Fsp3) is 0.174. The number of hydrogen-bond donors (Lipinski definition) is 3. The summed E-state index contributed by atoms with van der Waals surface area (Å²) in [6.07, 6.45) is 4.24. The first-order valence-corrected chi connectivity index (χ1v) is 9.40. The molecule has 0 spiro atoms. The molecule has 0 aliphatic heterocycles. The van der Waals surface area contributed by atoms with Crippen molar-refractivity contribution in [1.82, 2.24) is 0 Å². The fourth-order valence-electron chi connectivity index (χ4n) is 3.25. The number of primary amides is 1. The number of pyridine rings is 1. The number of fused-ring (bicyclic) bond motifs is 1. The molecule has 29 heavy (non-hydrogen) atoms. The molecule has 0 saturated heterocycles. The maximum absolute atomic E-state index is 12.9. The molecule has 0 unspecified atom stereocenters. The highest BCUT2D eigenvalue weighted by atomic mass is 16.1. The first-order chi connectivity index (χ1) is 13.9. The largest absolute Gasteiger partial charge is 0.399 e. The lowest BCUT2D eigenvalue weighted by Gasteiger charge is -2.10. The normalized spacial score (nSPS) is 12.3. The number of benzene rings is 2. The maximum atomic E-state index is 12.9. The molecule has 6 heteroatoms. The van der Waals surface area contributed by atoms with Crippen LogP contribution in [0.1, 0.15) is 34.5 Å². The van der Waals surface area contributed by atoms with Crippen molar-refractivity contribution in [2.45, 2.75) is 18.9 Å². The van der Waals surface area contributed by atoms with Gasteiger partial charge in [-0.25, -0.2) is 0 Å². The quantitative estimate of drug-likeness (QED) is 0.326. The van der Waals surface area contributed by atoms with Crippen molar-refractivity contribution in [3.05, 3.63) is 71.4 Å². The van der Waals surface area contributed by atoms with Gasteiger partial charge in [-0.15, -0.1) is 0 Å². The van der Waals surface area contributed by atoms with Crippen LogP contribution in [0.2, 0.25) is 0 Å². The summed E-state index contributed by atoms with van der Waals surface area (Å²) >= 11 is 0. The van der Waals surface area contributed by atoms with Gasteiger partial charge in [0.05, 0.1) is 11.4 Å². The summed E-state index contributed by atoms with van der Waals surface area (Å²) in [6.45, 7) is 0. The molecule has 0 aliphatic carbocycles. The molecular formula is C23H25N4O2+. The third kappa shape index (κ3) is 4.67. The zero-order valence-electron chi connectivity index (χ0n) is 16.3. The number of ketones is 1. The maximum Gasteiger partial charge on any atom is 0.251 e. The number of Topliss-reactive ketones (excluding diaryl/α,β-unsaturated/α-hetero) is 1. The predicted octanol–water partition coefficient (Wildman–Crippen LogP) is 2.19. The second kappa shape index (κ2) is 8.67. The van der Waals surface area contributed by atoms with E-state index >= 15 is 0 Å². The van der Waals surface area contributed by atoms with E-state index in [9.17, 15) is 9.59 Å². The van der Waals surface area contributed by atoms with Crippen molar-refractivity contribution in [2.75, 3.05) is 5.73 Å². The third-order valence-electron chi connectivity index (χ3n) is 4.91. The Morgan fingerprint density at radius 1 is 1.07 bits per heavy atom. The summed E-state index contributed by atoms with van der Waals surface area (Å²) in [5, 5.41) is 1.02. The fourth-order valence-corrected chi connectivity index (χ4v) is 3.25. The van der Waals surface area contributed by atoms with Crippen molar-refractivity contribution < 1.29 is 14.2 Å². The minimum absolute atomic E-state index is 0.0775. The SMILES string of the molecule is C[n+]1c(C(=O)[C@@H](N)CCC(N)=O)cc(C=Cc2ccc(N)cc2)c2ccccc21. The number of carbonyl (C=O) groups is 2. The average Bonchev–Trinajstić information content (AvgIpc) is 2.72. The van der Waals surface area contributed by atoms with Gasteiger partial charge in [0.25, 0.3) is 5.69 Å². The molecule has 0 fully saturated rings. The molecule has 3 rings (SSSR count). The summed E-state index contributed by atoms with van der Waals surface area (Å²) in [4.78, 5) is 24.0. The van der Waals surface area contributed by atoms with Gasteiger partial charge in [-0.3, -0.25) is 9.59 Å². The summed E-state index contributed by atoms with van der Waals surface area (Å²) in [5.41, 5.74) is 21.0. The Morgan fingerprint density at radius 2 is 1.76 bits per heavy atom. The number of carbonyl (C=O) groups excluding carboxylic acids is 2. The minimum Gasteiger partial charge on any atom is -0.399 e. The number of nitrogen functional groups attached to an aromatic ring is 1. The van der Waals surface area contributed by atoms with Gasteiger partial charge in [0.2, 0.25) is 17.2 Å². The van der Waals surface area contributed by atoms with E-state index in [4.69, 9.17) is 17.2 Å². The topological polar surface area (TPSA) is 116 Å². The van der Waals surface area contributed by atoms with Crippen LogP contribution in [0.5, 0.6) is 0 Å². The summed E-state index contributed by atoms with van der Waals surface area (Å²) < 4.78 is 1.84. The lowest BCUT2D eigenvalue weighted by atomic mass is 9.99. The number of rotatable bonds is 7. The number of aryl methyl sites for hydroxylation is 1.